The largest absolute Gasteiger partial charge is 0.462 e. The standard InChI is InChI=1S/C12H18O3/c1-5-15-12(14)11(6-9(2)3)7-10(4)8-13/h6-9H,5H2,1-4H3/b10-7+,11-6+. The number of ether oxygens (including phenoxy) is 1. The third-order valence-electron chi connectivity index (χ3n) is 1.59. The molecule has 0 saturated heterocycles. The highest BCUT2D eigenvalue weighted by molar-refractivity contribution is 5.93. The van der Waals surface area contributed by atoms with Crippen molar-refractivity contribution in [1.82, 2.24) is 0 Å². The Morgan fingerprint density at radius 2 is 2.00 bits per heavy atom. The Labute approximate surface area is 90.8 Å². The molecule has 15 heavy (non-hydrogen) atoms. The molecule has 3 heteroatoms. The van der Waals surface area contributed by atoms with E-state index in [2.05, 4.69) is 0 Å². The van der Waals surface area contributed by atoms with Crippen molar-refractivity contribution < 1.29 is 14.3 Å². The van der Waals surface area contributed by atoms with E-state index in [0.29, 0.717) is 24.0 Å². The van der Waals surface area contributed by atoms with Crippen molar-refractivity contribution in [3.05, 3.63) is 23.3 Å². The van der Waals surface area contributed by atoms with E-state index < -0.39 is 0 Å². The second kappa shape index (κ2) is 6.98. The molecule has 0 aromatic heterocycles. The summed E-state index contributed by atoms with van der Waals surface area (Å²) in [5, 5.41) is 0. The highest BCUT2D eigenvalue weighted by atomic mass is 16.5. The van der Waals surface area contributed by atoms with Gasteiger partial charge in [0.1, 0.15) is 6.29 Å². The van der Waals surface area contributed by atoms with Gasteiger partial charge in [-0.1, -0.05) is 19.9 Å². The quantitative estimate of drug-likeness (QED) is 0.302. The Balaban J connectivity index is 4.90. The maximum Gasteiger partial charge on any atom is 0.337 e. The van der Waals surface area contributed by atoms with Gasteiger partial charge in [0.25, 0.3) is 0 Å². The van der Waals surface area contributed by atoms with Gasteiger partial charge in [-0.15, -0.1) is 0 Å². The number of esters is 1. The molecular weight excluding hydrogens is 192 g/mol. The van der Waals surface area contributed by atoms with Crippen LogP contribution in [0.25, 0.3) is 0 Å². The van der Waals surface area contributed by atoms with E-state index in [9.17, 15) is 9.59 Å². The van der Waals surface area contributed by atoms with Gasteiger partial charge in [-0.25, -0.2) is 4.79 Å². The van der Waals surface area contributed by atoms with E-state index in [1.54, 1.807) is 26.0 Å². The van der Waals surface area contributed by atoms with E-state index in [1.165, 1.54) is 0 Å². The van der Waals surface area contributed by atoms with Crippen LogP contribution in [-0.2, 0) is 14.3 Å². The number of carbonyl (C=O) groups is 2. The van der Waals surface area contributed by atoms with Gasteiger partial charge in [0.2, 0.25) is 0 Å². The van der Waals surface area contributed by atoms with Crippen LogP contribution < -0.4 is 0 Å². The van der Waals surface area contributed by atoms with E-state index >= 15 is 0 Å². The average molecular weight is 210 g/mol. The van der Waals surface area contributed by atoms with Crippen LogP contribution in [0.5, 0.6) is 0 Å². The second-order valence-corrected chi connectivity index (χ2v) is 3.59. The molecule has 0 heterocycles. The second-order valence-electron chi connectivity index (χ2n) is 3.59. The molecule has 0 rings (SSSR count). The molecule has 3 nitrogen and oxygen atoms in total. The minimum atomic E-state index is -0.382. The summed E-state index contributed by atoms with van der Waals surface area (Å²) < 4.78 is 4.88. The van der Waals surface area contributed by atoms with Crippen LogP contribution in [0.3, 0.4) is 0 Å². The summed E-state index contributed by atoms with van der Waals surface area (Å²) in [6.07, 6.45) is 4.05. The first kappa shape index (κ1) is 13.6. The molecule has 0 atom stereocenters. The van der Waals surface area contributed by atoms with Crippen LogP contribution in [0.1, 0.15) is 27.7 Å². The van der Waals surface area contributed by atoms with Gasteiger partial charge in [-0.3, -0.25) is 4.79 Å². The van der Waals surface area contributed by atoms with Crippen LogP contribution in [0.2, 0.25) is 0 Å². The molecule has 0 radical (unpaired) electrons. The van der Waals surface area contributed by atoms with E-state index in [-0.39, 0.29) is 11.9 Å². The maximum absolute atomic E-state index is 11.5. The fourth-order valence-electron chi connectivity index (χ4n) is 1.03. The predicted octanol–water partition coefficient (Wildman–Crippen LogP) is 2.28. The molecule has 0 aliphatic heterocycles. The fraction of sp³-hybridized carbons (Fsp3) is 0.500. The van der Waals surface area contributed by atoms with Gasteiger partial charge >= 0.3 is 5.97 Å². The van der Waals surface area contributed by atoms with Gasteiger partial charge < -0.3 is 4.74 Å². The third kappa shape index (κ3) is 5.83. The van der Waals surface area contributed by atoms with Crippen LogP contribution >= 0.6 is 0 Å². The zero-order valence-corrected chi connectivity index (χ0v) is 9.74. The molecule has 0 fully saturated rings. The van der Waals surface area contributed by atoms with Crippen molar-refractivity contribution in [3.8, 4) is 0 Å². The summed E-state index contributed by atoms with van der Waals surface area (Å²) in [6, 6.07) is 0. The van der Waals surface area contributed by atoms with E-state index in [0.717, 1.165) is 0 Å². The molecule has 0 saturated carbocycles. The number of hydrogen-bond acceptors (Lipinski definition) is 3. The first-order valence-electron chi connectivity index (χ1n) is 5.03. The zero-order chi connectivity index (χ0) is 11.8. The van der Waals surface area contributed by atoms with E-state index in [1.807, 2.05) is 13.8 Å². The van der Waals surface area contributed by atoms with Gasteiger partial charge in [0.15, 0.2) is 0 Å². The zero-order valence-electron chi connectivity index (χ0n) is 9.74. The molecular formula is C12H18O3. The topological polar surface area (TPSA) is 43.4 Å². The van der Waals surface area contributed by atoms with Gasteiger partial charge in [0.05, 0.1) is 12.2 Å². The van der Waals surface area contributed by atoms with Crippen molar-refractivity contribution in [2.24, 2.45) is 5.92 Å². The number of hydrogen-bond donors (Lipinski definition) is 0. The summed E-state index contributed by atoms with van der Waals surface area (Å²) in [6.45, 7) is 7.66. The summed E-state index contributed by atoms with van der Waals surface area (Å²) in [7, 11) is 0. The minimum absolute atomic E-state index is 0.236. The molecule has 0 aromatic rings. The number of rotatable bonds is 5. The van der Waals surface area contributed by atoms with Crippen LogP contribution in [0.4, 0.5) is 0 Å². The Hall–Kier alpha value is -1.38. The average Bonchev–Trinajstić information content (AvgIpc) is 2.16. The first-order valence-corrected chi connectivity index (χ1v) is 5.03. The minimum Gasteiger partial charge on any atom is -0.462 e. The molecule has 0 aliphatic rings. The van der Waals surface area contributed by atoms with Gasteiger partial charge in [-0.05, 0) is 31.4 Å². The summed E-state index contributed by atoms with van der Waals surface area (Å²) in [5.74, 6) is -0.146. The Morgan fingerprint density at radius 3 is 2.40 bits per heavy atom. The predicted molar refractivity (Wildman–Crippen MR) is 59.4 cm³/mol. The Bertz CT molecular complexity index is 285. The van der Waals surface area contributed by atoms with Crippen molar-refractivity contribution in [1.29, 1.82) is 0 Å². The third-order valence-corrected chi connectivity index (χ3v) is 1.59. The molecule has 0 amide bonds. The number of aldehydes is 1. The Kier molecular flexibility index (Phi) is 6.34. The summed E-state index contributed by atoms with van der Waals surface area (Å²) >= 11 is 0. The monoisotopic (exact) mass is 210 g/mol. The number of carbonyl (C=O) groups excluding carboxylic acids is 2. The maximum atomic E-state index is 11.5. The van der Waals surface area contributed by atoms with Crippen molar-refractivity contribution >= 4 is 12.3 Å². The smallest absolute Gasteiger partial charge is 0.337 e. The molecule has 0 aromatic carbocycles. The lowest BCUT2D eigenvalue weighted by atomic mass is 10.1. The lowest BCUT2D eigenvalue weighted by molar-refractivity contribution is -0.138. The van der Waals surface area contributed by atoms with E-state index in [4.69, 9.17) is 4.74 Å². The summed E-state index contributed by atoms with van der Waals surface area (Å²) in [5.41, 5.74) is 0.950. The lowest BCUT2D eigenvalue weighted by Crippen LogP contribution is -2.07. The van der Waals surface area contributed by atoms with Crippen LogP contribution in [0.15, 0.2) is 23.3 Å². The SMILES string of the molecule is CCOC(=O)C(/C=C(\C)C=O)=C/C(C)C. The Morgan fingerprint density at radius 1 is 1.40 bits per heavy atom. The normalized spacial score (nSPS) is 12.9. The molecule has 84 valence electrons. The molecule has 0 unspecified atom stereocenters. The molecule has 0 spiro atoms. The highest BCUT2D eigenvalue weighted by Gasteiger charge is 2.08. The lowest BCUT2D eigenvalue weighted by Gasteiger charge is -2.04. The van der Waals surface area contributed by atoms with Crippen molar-refractivity contribution in [3.63, 3.8) is 0 Å². The molecule has 0 bridgehead atoms. The van der Waals surface area contributed by atoms with Crippen molar-refractivity contribution in [2.45, 2.75) is 27.7 Å². The van der Waals surface area contributed by atoms with Gasteiger partial charge in [0, 0.05) is 0 Å². The molecule has 0 N–H and O–H groups in total. The van der Waals surface area contributed by atoms with Crippen LogP contribution in [0, 0.1) is 5.92 Å². The summed E-state index contributed by atoms with van der Waals surface area (Å²) in [4.78, 5) is 21.9. The number of allylic oxidation sites excluding steroid dienone is 2. The fourth-order valence-corrected chi connectivity index (χ4v) is 1.03. The first-order chi connectivity index (χ1) is 7.01. The van der Waals surface area contributed by atoms with Crippen LogP contribution in [-0.4, -0.2) is 18.9 Å². The van der Waals surface area contributed by atoms with Crippen molar-refractivity contribution in [2.75, 3.05) is 6.61 Å². The molecule has 0 aliphatic carbocycles. The highest BCUT2D eigenvalue weighted by Crippen LogP contribution is 2.08. The van der Waals surface area contributed by atoms with Gasteiger partial charge in [-0.2, -0.15) is 0 Å².